The van der Waals surface area contributed by atoms with Gasteiger partial charge in [-0.05, 0) is 61.7 Å². The van der Waals surface area contributed by atoms with E-state index in [1.165, 1.54) is 19.3 Å². The molecule has 1 heterocycles. The van der Waals surface area contributed by atoms with E-state index in [4.69, 9.17) is 21.1 Å². The molecule has 8 heteroatoms. The standard InChI is InChI=1S/C24H23ClN2O5/c1-5-7-16-10-15(12-20(31-4)21(16)32-6-2)11-18-22(28)26-24(30)27(23(18)29)19-13-17(25)9-8-14(19)3/h5,8-13H,1,6-7H2,2-4H3,(H,26,28,30)/b18-11+. The van der Waals surface area contributed by atoms with Crippen LogP contribution < -0.4 is 19.7 Å². The third-order valence-electron chi connectivity index (χ3n) is 4.85. The summed E-state index contributed by atoms with van der Waals surface area (Å²) in [5.41, 5.74) is 2.09. The van der Waals surface area contributed by atoms with Gasteiger partial charge in [-0.2, -0.15) is 0 Å². The van der Waals surface area contributed by atoms with E-state index in [1.807, 2.05) is 6.92 Å². The van der Waals surface area contributed by atoms with Gasteiger partial charge in [0.15, 0.2) is 11.5 Å². The summed E-state index contributed by atoms with van der Waals surface area (Å²) in [7, 11) is 1.51. The molecule has 1 saturated heterocycles. The molecule has 3 rings (SSSR count). The Kier molecular flexibility index (Phi) is 7.00. The highest BCUT2D eigenvalue weighted by Gasteiger charge is 2.37. The Morgan fingerprint density at radius 2 is 1.94 bits per heavy atom. The third kappa shape index (κ3) is 4.53. The number of halogens is 1. The zero-order valence-corrected chi connectivity index (χ0v) is 18.8. The van der Waals surface area contributed by atoms with Gasteiger partial charge in [-0.25, -0.2) is 9.69 Å². The van der Waals surface area contributed by atoms with E-state index < -0.39 is 17.8 Å². The van der Waals surface area contributed by atoms with Crippen LogP contribution in [0.5, 0.6) is 11.5 Å². The zero-order valence-electron chi connectivity index (χ0n) is 18.0. The summed E-state index contributed by atoms with van der Waals surface area (Å²) < 4.78 is 11.2. The van der Waals surface area contributed by atoms with Gasteiger partial charge in [0.2, 0.25) is 0 Å². The highest BCUT2D eigenvalue weighted by atomic mass is 35.5. The summed E-state index contributed by atoms with van der Waals surface area (Å²) in [6, 6.07) is 7.46. The van der Waals surface area contributed by atoms with Crippen LogP contribution in [0, 0.1) is 6.92 Å². The molecule has 2 aromatic carbocycles. The van der Waals surface area contributed by atoms with Crippen molar-refractivity contribution in [2.75, 3.05) is 18.6 Å². The minimum Gasteiger partial charge on any atom is -0.493 e. The van der Waals surface area contributed by atoms with Crippen LogP contribution in [-0.4, -0.2) is 31.6 Å². The molecule has 0 spiro atoms. The third-order valence-corrected chi connectivity index (χ3v) is 5.09. The number of barbiturate groups is 1. The quantitative estimate of drug-likeness (QED) is 0.379. The number of rotatable bonds is 7. The van der Waals surface area contributed by atoms with Gasteiger partial charge in [0.1, 0.15) is 5.57 Å². The molecule has 166 valence electrons. The van der Waals surface area contributed by atoms with Crippen LogP contribution in [0.25, 0.3) is 6.08 Å². The smallest absolute Gasteiger partial charge is 0.335 e. The summed E-state index contributed by atoms with van der Waals surface area (Å²) in [5.74, 6) is -0.501. The lowest BCUT2D eigenvalue weighted by Crippen LogP contribution is -2.54. The van der Waals surface area contributed by atoms with E-state index in [1.54, 1.807) is 37.3 Å². The number of hydrogen-bond acceptors (Lipinski definition) is 5. The van der Waals surface area contributed by atoms with Crippen molar-refractivity contribution in [2.24, 2.45) is 0 Å². The van der Waals surface area contributed by atoms with Crippen LogP contribution in [0.3, 0.4) is 0 Å². The molecule has 0 radical (unpaired) electrons. The van der Waals surface area contributed by atoms with E-state index >= 15 is 0 Å². The number of methoxy groups -OCH3 is 1. The van der Waals surface area contributed by atoms with Crippen molar-refractivity contribution in [1.82, 2.24) is 5.32 Å². The normalized spacial score (nSPS) is 15.1. The van der Waals surface area contributed by atoms with Gasteiger partial charge in [0.05, 0.1) is 19.4 Å². The number of benzene rings is 2. The Bertz CT molecular complexity index is 1140. The summed E-state index contributed by atoms with van der Waals surface area (Å²) in [6.07, 6.45) is 3.63. The van der Waals surface area contributed by atoms with E-state index in [9.17, 15) is 14.4 Å². The maximum absolute atomic E-state index is 13.2. The molecule has 1 N–H and O–H groups in total. The number of anilines is 1. The van der Waals surface area contributed by atoms with E-state index in [2.05, 4.69) is 11.9 Å². The van der Waals surface area contributed by atoms with Gasteiger partial charge in [0.25, 0.3) is 11.8 Å². The molecule has 1 fully saturated rings. The number of carbonyl (C=O) groups is 3. The Hall–Kier alpha value is -3.58. The fourth-order valence-corrected chi connectivity index (χ4v) is 3.57. The first-order valence-corrected chi connectivity index (χ1v) is 10.3. The predicted molar refractivity (Wildman–Crippen MR) is 123 cm³/mol. The molecule has 32 heavy (non-hydrogen) atoms. The molecule has 4 amide bonds. The summed E-state index contributed by atoms with van der Waals surface area (Å²) in [4.78, 5) is 39.1. The van der Waals surface area contributed by atoms with Crippen molar-refractivity contribution < 1.29 is 23.9 Å². The van der Waals surface area contributed by atoms with Gasteiger partial charge in [-0.1, -0.05) is 23.7 Å². The Balaban J connectivity index is 2.10. The molecule has 0 saturated carbocycles. The minimum absolute atomic E-state index is 0.195. The minimum atomic E-state index is -0.834. The number of ether oxygens (including phenoxy) is 2. The summed E-state index contributed by atoms with van der Waals surface area (Å²) >= 11 is 6.06. The largest absolute Gasteiger partial charge is 0.493 e. The van der Waals surface area contributed by atoms with Crippen LogP contribution in [0.1, 0.15) is 23.6 Å². The lowest BCUT2D eigenvalue weighted by atomic mass is 10.0. The van der Waals surface area contributed by atoms with Gasteiger partial charge in [-0.15, -0.1) is 6.58 Å². The number of allylic oxidation sites excluding steroid dienone is 1. The molecule has 0 unspecified atom stereocenters. The van der Waals surface area contributed by atoms with Crippen LogP contribution in [0.4, 0.5) is 10.5 Å². The Labute approximate surface area is 191 Å². The predicted octanol–water partition coefficient (Wildman–Crippen LogP) is 4.45. The molecule has 7 nitrogen and oxygen atoms in total. The number of hydrogen-bond donors (Lipinski definition) is 1. The fourth-order valence-electron chi connectivity index (χ4n) is 3.40. The second-order valence-corrected chi connectivity index (χ2v) is 7.46. The first-order valence-electron chi connectivity index (χ1n) is 9.92. The van der Waals surface area contributed by atoms with Crippen molar-refractivity contribution in [1.29, 1.82) is 0 Å². The molecule has 0 aliphatic carbocycles. The van der Waals surface area contributed by atoms with Gasteiger partial charge in [-0.3, -0.25) is 14.9 Å². The topological polar surface area (TPSA) is 84.9 Å². The fraction of sp³-hybridized carbons (Fsp3) is 0.208. The van der Waals surface area contributed by atoms with E-state index in [0.717, 1.165) is 10.5 Å². The number of imide groups is 2. The highest BCUT2D eigenvalue weighted by Crippen LogP contribution is 2.35. The van der Waals surface area contributed by atoms with Crippen LogP contribution >= 0.6 is 11.6 Å². The molecule has 1 aliphatic heterocycles. The van der Waals surface area contributed by atoms with Crippen molar-refractivity contribution in [3.05, 3.63) is 70.3 Å². The molecule has 0 atom stereocenters. The van der Waals surface area contributed by atoms with Gasteiger partial charge in [0, 0.05) is 10.6 Å². The second kappa shape index (κ2) is 9.70. The number of carbonyl (C=O) groups excluding carboxylic acids is 3. The molecule has 0 aromatic heterocycles. The molecular weight excluding hydrogens is 432 g/mol. The first-order chi connectivity index (χ1) is 15.3. The first kappa shape index (κ1) is 23.1. The average Bonchev–Trinajstić information content (AvgIpc) is 2.75. The SMILES string of the molecule is C=CCc1cc(/C=C2\C(=O)NC(=O)N(c3cc(Cl)ccc3C)C2=O)cc(OC)c1OCC. The van der Waals surface area contributed by atoms with E-state index in [0.29, 0.717) is 46.4 Å². The van der Waals surface area contributed by atoms with Crippen molar-refractivity contribution in [3.63, 3.8) is 0 Å². The Morgan fingerprint density at radius 1 is 1.19 bits per heavy atom. The average molecular weight is 455 g/mol. The van der Waals surface area contributed by atoms with Crippen molar-refractivity contribution in [3.8, 4) is 11.5 Å². The second-order valence-electron chi connectivity index (χ2n) is 7.03. The lowest BCUT2D eigenvalue weighted by molar-refractivity contribution is -0.122. The van der Waals surface area contributed by atoms with Crippen LogP contribution in [0.15, 0.2) is 48.6 Å². The monoisotopic (exact) mass is 454 g/mol. The Morgan fingerprint density at radius 3 is 2.59 bits per heavy atom. The number of nitrogens with zero attached hydrogens (tertiary/aromatic N) is 1. The maximum Gasteiger partial charge on any atom is 0.335 e. The molecule has 0 bridgehead atoms. The number of urea groups is 1. The van der Waals surface area contributed by atoms with Crippen molar-refractivity contribution >= 4 is 41.2 Å². The number of aryl methyl sites for hydroxylation is 1. The summed E-state index contributed by atoms with van der Waals surface area (Å²) in [5, 5.41) is 2.58. The molecule has 2 aromatic rings. The summed E-state index contributed by atoms with van der Waals surface area (Å²) in [6.45, 7) is 7.81. The van der Waals surface area contributed by atoms with Crippen LogP contribution in [-0.2, 0) is 16.0 Å². The van der Waals surface area contributed by atoms with E-state index in [-0.39, 0.29) is 5.57 Å². The number of amides is 4. The van der Waals surface area contributed by atoms with Gasteiger partial charge < -0.3 is 9.47 Å². The van der Waals surface area contributed by atoms with Gasteiger partial charge >= 0.3 is 6.03 Å². The lowest BCUT2D eigenvalue weighted by Gasteiger charge is -2.27. The molecule has 1 aliphatic rings. The number of nitrogens with one attached hydrogen (secondary N) is 1. The molecular formula is C24H23ClN2O5. The van der Waals surface area contributed by atoms with Crippen molar-refractivity contribution in [2.45, 2.75) is 20.3 Å². The maximum atomic E-state index is 13.2. The zero-order chi connectivity index (χ0) is 23.4. The van der Waals surface area contributed by atoms with Crippen LogP contribution in [0.2, 0.25) is 5.02 Å². The highest BCUT2D eigenvalue weighted by molar-refractivity contribution is 6.39.